The Labute approximate surface area is 204 Å². The molecule has 0 spiro atoms. The first-order chi connectivity index (χ1) is 16.7. The van der Waals surface area contributed by atoms with Crippen molar-refractivity contribution in [1.29, 1.82) is 0 Å². The molecule has 0 radical (unpaired) electrons. The van der Waals surface area contributed by atoms with E-state index in [0.29, 0.717) is 37.9 Å². The standard InChI is InChI=1S/C30H40O4/c1-3-4-7-23(2)29-22-27(14-17-30(29)34-21-6-19-32)26-10-8-24(9-11-26)25-12-15-28(16-13-25)33-20-5-18-31/h8,10-17,22-24,31-32H,3-7,9,18-21H2,1-2H3. The quantitative estimate of drug-likeness (QED) is 0.308. The van der Waals surface area contributed by atoms with Gasteiger partial charge in [0.1, 0.15) is 11.5 Å². The van der Waals surface area contributed by atoms with Crippen molar-refractivity contribution >= 4 is 5.57 Å². The summed E-state index contributed by atoms with van der Waals surface area (Å²) in [5.74, 6) is 2.59. The van der Waals surface area contributed by atoms with Crippen molar-refractivity contribution in [2.24, 2.45) is 0 Å². The van der Waals surface area contributed by atoms with Gasteiger partial charge in [0.15, 0.2) is 0 Å². The summed E-state index contributed by atoms with van der Waals surface area (Å²) >= 11 is 0. The molecule has 2 unspecified atom stereocenters. The van der Waals surface area contributed by atoms with Crippen LogP contribution in [0.3, 0.4) is 0 Å². The molecular formula is C30H40O4. The van der Waals surface area contributed by atoms with E-state index in [1.807, 2.05) is 12.1 Å². The van der Waals surface area contributed by atoms with Gasteiger partial charge < -0.3 is 19.7 Å². The van der Waals surface area contributed by atoms with Crippen molar-refractivity contribution in [2.75, 3.05) is 26.4 Å². The van der Waals surface area contributed by atoms with Crippen molar-refractivity contribution in [3.63, 3.8) is 0 Å². The normalized spacial score (nSPS) is 16.2. The number of allylic oxidation sites excluding steroid dienone is 4. The molecule has 2 atom stereocenters. The maximum absolute atomic E-state index is 9.10. The zero-order valence-corrected chi connectivity index (χ0v) is 20.7. The SMILES string of the molecule is CCCCC(C)c1cc(C2=CCC(c3ccc(OCCCO)cc3)C=C2)ccc1OCCCO. The number of aliphatic hydroxyl groups is 2. The zero-order chi connectivity index (χ0) is 24.2. The first kappa shape index (κ1) is 26.1. The summed E-state index contributed by atoms with van der Waals surface area (Å²) in [6.45, 7) is 5.89. The van der Waals surface area contributed by atoms with Crippen LogP contribution in [0.1, 0.15) is 80.9 Å². The van der Waals surface area contributed by atoms with Crippen molar-refractivity contribution in [1.82, 2.24) is 0 Å². The molecule has 4 nitrogen and oxygen atoms in total. The Kier molecular flexibility index (Phi) is 10.7. The minimum Gasteiger partial charge on any atom is -0.494 e. The Morgan fingerprint density at radius 2 is 1.68 bits per heavy atom. The average molecular weight is 465 g/mol. The van der Waals surface area contributed by atoms with E-state index in [1.165, 1.54) is 35.1 Å². The average Bonchev–Trinajstić information content (AvgIpc) is 2.88. The highest BCUT2D eigenvalue weighted by atomic mass is 16.5. The van der Waals surface area contributed by atoms with Crippen LogP contribution in [0.25, 0.3) is 5.57 Å². The molecule has 2 aromatic rings. The van der Waals surface area contributed by atoms with Gasteiger partial charge in [0, 0.05) is 32.0 Å². The fourth-order valence-corrected chi connectivity index (χ4v) is 4.30. The molecule has 0 fully saturated rings. The third-order valence-electron chi connectivity index (χ3n) is 6.40. The van der Waals surface area contributed by atoms with E-state index < -0.39 is 0 Å². The molecule has 0 aliphatic heterocycles. The van der Waals surface area contributed by atoms with Crippen LogP contribution >= 0.6 is 0 Å². The fourth-order valence-electron chi connectivity index (χ4n) is 4.30. The Hall–Kier alpha value is -2.56. The van der Waals surface area contributed by atoms with Gasteiger partial charge in [-0.3, -0.25) is 0 Å². The van der Waals surface area contributed by atoms with Gasteiger partial charge in [-0.2, -0.15) is 0 Å². The maximum Gasteiger partial charge on any atom is 0.122 e. The van der Waals surface area contributed by atoms with Crippen molar-refractivity contribution < 1.29 is 19.7 Å². The van der Waals surface area contributed by atoms with E-state index in [-0.39, 0.29) is 13.2 Å². The van der Waals surface area contributed by atoms with Crippen LogP contribution < -0.4 is 9.47 Å². The molecule has 1 aliphatic carbocycles. The largest absolute Gasteiger partial charge is 0.494 e. The molecule has 34 heavy (non-hydrogen) atoms. The number of hydrogen-bond acceptors (Lipinski definition) is 4. The van der Waals surface area contributed by atoms with Gasteiger partial charge in [0.2, 0.25) is 0 Å². The number of aliphatic hydroxyl groups excluding tert-OH is 2. The minimum atomic E-state index is 0.150. The number of unbranched alkanes of at least 4 members (excludes halogenated alkanes) is 1. The molecule has 0 heterocycles. The van der Waals surface area contributed by atoms with Crippen molar-refractivity contribution in [2.45, 2.75) is 64.2 Å². The summed E-state index contributed by atoms with van der Waals surface area (Å²) in [7, 11) is 0. The monoisotopic (exact) mass is 464 g/mol. The van der Waals surface area contributed by atoms with Crippen LogP contribution in [0, 0.1) is 0 Å². The molecule has 0 amide bonds. The van der Waals surface area contributed by atoms with E-state index in [2.05, 4.69) is 62.4 Å². The van der Waals surface area contributed by atoms with Crippen LogP contribution in [0.4, 0.5) is 0 Å². The molecule has 4 heteroatoms. The highest BCUT2D eigenvalue weighted by Gasteiger charge is 2.16. The van der Waals surface area contributed by atoms with Crippen LogP contribution in [-0.4, -0.2) is 36.6 Å². The van der Waals surface area contributed by atoms with Gasteiger partial charge in [-0.15, -0.1) is 0 Å². The first-order valence-corrected chi connectivity index (χ1v) is 12.8. The number of benzene rings is 2. The molecule has 2 aromatic carbocycles. The van der Waals surface area contributed by atoms with E-state index in [4.69, 9.17) is 19.7 Å². The summed E-state index contributed by atoms with van der Waals surface area (Å²) in [6, 6.07) is 14.8. The number of ether oxygens (including phenoxy) is 2. The molecule has 1 aliphatic rings. The van der Waals surface area contributed by atoms with Crippen molar-refractivity contribution in [3.8, 4) is 11.5 Å². The topological polar surface area (TPSA) is 58.9 Å². The lowest BCUT2D eigenvalue weighted by molar-refractivity contribution is 0.232. The summed E-state index contributed by atoms with van der Waals surface area (Å²) in [5.41, 5.74) is 5.03. The second kappa shape index (κ2) is 14.0. The zero-order valence-electron chi connectivity index (χ0n) is 20.7. The fraction of sp³-hybridized carbons (Fsp3) is 0.467. The highest BCUT2D eigenvalue weighted by Crippen LogP contribution is 2.36. The summed E-state index contributed by atoms with van der Waals surface area (Å²) in [5, 5.41) is 18.0. The Morgan fingerprint density at radius 3 is 2.32 bits per heavy atom. The van der Waals surface area contributed by atoms with Gasteiger partial charge in [-0.05, 0) is 65.3 Å². The van der Waals surface area contributed by atoms with Crippen LogP contribution in [0.2, 0.25) is 0 Å². The highest BCUT2D eigenvalue weighted by molar-refractivity contribution is 5.76. The summed E-state index contributed by atoms with van der Waals surface area (Å²) in [6.07, 6.45) is 12.7. The number of rotatable bonds is 14. The van der Waals surface area contributed by atoms with Gasteiger partial charge in [0.25, 0.3) is 0 Å². The Morgan fingerprint density at radius 1 is 0.941 bits per heavy atom. The second-order valence-corrected chi connectivity index (χ2v) is 9.08. The van der Waals surface area contributed by atoms with E-state index in [0.717, 1.165) is 24.3 Å². The lowest BCUT2D eigenvalue weighted by Crippen LogP contribution is -2.05. The van der Waals surface area contributed by atoms with Gasteiger partial charge in [-0.25, -0.2) is 0 Å². The molecule has 0 saturated carbocycles. The lowest BCUT2D eigenvalue weighted by atomic mass is 9.86. The third kappa shape index (κ3) is 7.48. The third-order valence-corrected chi connectivity index (χ3v) is 6.40. The second-order valence-electron chi connectivity index (χ2n) is 9.08. The van der Waals surface area contributed by atoms with E-state index in [9.17, 15) is 0 Å². The van der Waals surface area contributed by atoms with Crippen LogP contribution in [0.15, 0.2) is 60.7 Å². The first-order valence-electron chi connectivity index (χ1n) is 12.8. The molecule has 0 bridgehead atoms. The van der Waals surface area contributed by atoms with Crippen LogP contribution in [0.5, 0.6) is 11.5 Å². The van der Waals surface area contributed by atoms with Crippen LogP contribution in [-0.2, 0) is 0 Å². The molecule has 0 saturated heterocycles. The molecule has 0 aromatic heterocycles. The summed E-state index contributed by atoms with van der Waals surface area (Å²) in [4.78, 5) is 0. The van der Waals surface area contributed by atoms with E-state index in [1.54, 1.807) is 0 Å². The maximum atomic E-state index is 9.10. The smallest absolute Gasteiger partial charge is 0.122 e. The molecule has 2 N–H and O–H groups in total. The minimum absolute atomic E-state index is 0.150. The number of hydrogen-bond donors (Lipinski definition) is 2. The lowest BCUT2D eigenvalue weighted by Gasteiger charge is -2.21. The van der Waals surface area contributed by atoms with E-state index >= 15 is 0 Å². The summed E-state index contributed by atoms with van der Waals surface area (Å²) < 4.78 is 11.7. The van der Waals surface area contributed by atoms with Crippen molar-refractivity contribution in [3.05, 3.63) is 77.4 Å². The molecule has 3 rings (SSSR count). The predicted octanol–water partition coefficient (Wildman–Crippen LogP) is 6.63. The van der Waals surface area contributed by atoms with Gasteiger partial charge >= 0.3 is 0 Å². The Bertz CT molecular complexity index is 929. The van der Waals surface area contributed by atoms with Gasteiger partial charge in [0.05, 0.1) is 13.2 Å². The Balaban J connectivity index is 1.69. The van der Waals surface area contributed by atoms with Gasteiger partial charge in [-0.1, -0.05) is 63.1 Å². The predicted molar refractivity (Wildman–Crippen MR) is 140 cm³/mol. The molecular weight excluding hydrogens is 424 g/mol. The molecule has 184 valence electrons.